The minimum absolute atomic E-state index is 0.581. The van der Waals surface area contributed by atoms with Gasteiger partial charge in [-0.1, -0.05) is 24.3 Å². The van der Waals surface area contributed by atoms with Gasteiger partial charge in [0.25, 0.3) is 0 Å². The molecule has 0 saturated carbocycles. The van der Waals surface area contributed by atoms with Crippen molar-refractivity contribution in [2.24, 2.45) is 0 Å². The van der Waals surface area contributed by atoms with Crippen molar-refractivity contribution < 1.29 is 4.74 Å². The molecule has 1 aromatic heterocycles. The summed E-state index contributed by atoms with van der Waals surface area (Å²) in [5.74, 6) is 0.808. The van der Waals surface area contributed by atoms with E-state index in [0.717, 1.165) is 21.7 Å². The zero-order valence-corrected chi connectivity index (χ0v) is 11.1. The zero-order valence-electron chi connectivity index (χ0n) is 9.48. The highest BCUT2D eigenvalue weighted by molar-refractivity contribution is 9.10. The number of nitrogens with one attached hydrogen (secondary N) is 1. The highest BCUT2D eigenvalue weighted by Crippen LogP contribution is 2.21. The van der Waals surface area contributed by atoms with Gasteiger partial charge < -0.3 is 10.1 Å². The molecule has 2 rings (SSSR count). The minimum Gasteiger partial charge on any atom is -0.380 e. The number of anilines is 2. The molecule has 0 saturated heterocycles. The average molecular weight is 293 g/mol. The van der Waals surface area contributed by atoms with Crippen molar-refractivity contribution in [2.45, 2.75) is 6.61 Å². The van der Waals surface area contributed by atoms with Crippen LogP contribution in [-0.2, 0) is 11.3 Å². The van der Waals surface area contributed by atoms with Gasteiger partial charge in [0.2, 0.25) is 0 Å². The van der Waals surface area contributed by atoms with Crippen molar-refractivity contribution >= 4 is 27.4 Å². The van der Waals surface area contributed by atoms with E-state index in [9.17, 15) is 0 Å². The first-order valence-corrected chi connectivity index (χ1v) is 6.05. The van der Waals surface area contributed by atoms with Gasteiger partial charge in [0.05, 0.1) is 6.61 Å². The first kappa shape index (κ1) is 12.1. The molecule has 1 N–H and O–H groups in total. The Morgan fingerprint density at radius 3 is 2.76 bits per heavy atom. The smallest absolute Gasteiger partial charge is 0.131 e. The molecule has 17 heavy (non-hydrogen) atoms. The maximum absolute atomic E-state index is 5.16. The second-order valence-corrected chi connectivity index (χ2v) is 4.37. The molecular weight excluding hydrogens is 280 g/mol. The second-order valence-electron chi connectivity index (χ2n) is 3.56. The zero-order chi connectivity index (χ0) is 12.1. The Morgan fingerprint density at radius 2 is 2.00 bits per heavy atom. The summed E-state index contributed by atoms with van der Waals surface area (Å²) in [4.78, 5) is 4.33. The van der Waals surface area contributed by atoms with Crippen molar-refractivity contribution in [3.8, 4) is 0 Å². The maximum Gasteiger partial charge on any atom is 0.131 e. The number of para-hydroxylation sites is 1. The largest absolute Gasteiger partial charge is 0.380 e. The number of pyridine rings is 1. The fourth-order valence-corrected chi connectivity index (χ4v) is 1.88. The van der Waals surface area contributed by atoms with E-state index in [1.807, 2.05) is 42.5 Å². The van der Waals surface area contributed by atoms with Crippen molar-refractivity contribution in [1.29, 1.82) is 0 Å². The molecule has 0 aliphatic carbocycles. The molecular formula is C13H13BrN2O. The topological polar surface area (TPSA) is 34.1 Å². The lowest BCUT2D eigenvalue weighted by Crippen LogP contribution is -1.98. The molecule has 4 heteroatoms. The molecule has 0 aliphatic heterocycles. The highest BCUT2D eigenvalue weighted by Gasteiger charge is 2.02. The van der Waals surface area contributed by atoms with Gasteiger partial charge in [-0.15, -0.1) is 0 Å². The first-order chi connectivity index (χ1) is 8.29. The number of halogens is 1. The lowest BCUT2D eigenvalue weighted by molar-refractivity contribution is 0.185. The van der Waals surface area contributed by atoms with Gasteiger partial charge in [0.15, 0.2) is 0 Å². The Bertz CT molecular complexity index is 502. The molecule has 0 atom stereocenters. The molecule has 0 spiro atoms. The summed E-state index contributed by atoms with van der Waals surface area (Å²) < 4.78 is 5.97. The van der Waals surface area contributed by atoms with E-state index in [2.05, 4.69) is 26.2 Å². The van der Waals surface area contributed by atoms with Crippen molar-refractivity contribution in [3.05, 3.63) is 52.6 Å². The molecule has 0 bridgehead atoms. The van der Waals surface area contributed by atoms with E-state index in [-0.39, 0.29) is 0 Å². The summed E-state index contributed by atoms with van der Waals surface area (Å²) in [5.41, 5.74) is 2.12. The van der Waals surface area contributed by atoms with Crippen LogP contribution in [0.1, 0.15) is 5.56 Å². The van der Waals surface area contributed by atoms with Crippen LogP contribution >= 0.6 is 15.9 Å². The highest BCUT2D eigenvalue weighted by atomic mass is 79.9. The Morgan fingerprint density at radius 1 is 1.18 bits per heavy atom. The molecule has 0 aliphatic rings. The number of rotatable bonds is 4. The molecule has 1 heterocycles. The van der Waals surface area contributed by atoms with Gasteiger partial charge in [-0.05, 0) is 34.1 Å². The minimum atomic E-state index is 0.581. The monoisotopic (exact) mass is 292 g/mol. The predicted molar refractivity (Wildman–Crippen MR) is 72.4 cm³/mol. The molecule has 2 aromatic rings. The van der Waals surface area contributed by atoms with Crippen LogP contribution in [0.25, 0.3) is 0 Å². The Kier molecular flexibility index (Phi) is 4.12. The number of hydrogen-bond acceptors (Lipinski definition) is 3. The van der Waals surface area contributed by atoms with Gasteiger partial charge in [-0.2, -0.15) is 0 Å². The number of ether oxygens (including phenoxy) is 1. The van der Waals surface area contributed by atoms with E-state index in [4.69, 9.17) is 4.74 Å². The van der Waals surface area contributed by atoms with Crippen molar-refractivity contribution in [2.75, 3.05) is 12.4 Å². The lowest BCUT2D eigenvalue weighted by Gasteiger charge is -2.10. The van der Waals surface area contributed by atoms with Crippen LogP contribution in [0.3, 0.4) is 0 Å². The van der Waals surface area contributed by atoms with Crippen LogP contribution in [0.2, 0.25) is 0 Å². The summed E-state index contributed by atoms with van der Waals surface area (Å²) >= 11 is 3.35. The van der Waals surface area contributed by atoms with Gasteiger partial charge in [0, 0.05) is 18.4 Å². The maximum atomic E-state index is 5.16. The molecule has 0 amide bonds. The van der Waals surface area contributed by atoms with E-state index in [0.29, 0.717) is 6.61 Å². The molecule has 0 unspecified atom stereocenters. The summed E-state index contributed by atoms with van der Waals surface area (Å²) in [6, 6.07) is 13.8. The van der Waals surface area contributed by atoms with E-state index in [1.54, 1.807) is 7.11 Å². The Hall–Kier alpha value is -1.39. The second kappa shape index (κ2) is 5.80. The predicted octanol–water partition coefficient (Wildman–Crippen LogP) is 3.73. The molecule has 3 nitrogen and oxygen atoms in total. The summed E-state index contributed by atoms with van der Waals surface area (Å²) in [6.45, 7) is 0.581. The third-order valence-electron chi connectivity index (χ3n) is 2.30. The SMILES string of the molecule is COCc1ccccc1Nc1cccc(Br)n1. The van der Waals surface area contributed by atoms with Crippen LogP contribution in [-0.4, -0.2) is 12.1 Å². The quantitative estimate of drug-likeness (QED) is 0.872. The van der Waals surface area contributed by atoms with E-state index < -0.39 is 0 Å². The van der Waals surface area contributed by atoms with Crippen LogP contribution < -0.4 is 5.32 Å². The Labute approximate surface area is 109 Å². The van der Waals surface area contributed by atoms with Crippen molar-refractivity contribution in [1.82, 2.24) is 4.98 Å². The Balaban J connectivity index is 2.23. The van der Waals surface area contributed by atoms with Crippen molar-refractivity contribution in [3.63, 3.8) is 0 Å². The number of aromatic nitrogens is 1. The van der Waals surface area contributed by atoms with Gasteiger partial charge in [-0.3, -0.25) is 0 Å². The summed E-state index contributed by atoms with van der Waals surface area (Å²) in [7, 11) is 1.69. The molecule has 0 radical (unpaired) electrons. The first-order valence-electron chi connectivity index (χ1n) is 5.26. The molecule has 1 aromatic carbocycles. The number of benzene rings is 1. The molecule has 0 fully saturated rings. The number of hydrogen-bond donors (Lipinski definition) is 1. The van der Waals surface area contributed by atoms with E-state index in [1.165, 1.54) is 0 Å². The van der Waals surface area contributed by atoms with Crippen LogP contribution in [0.5, 0.6) is 0 Å². The van der Waals surface area contributed by atoms with E-state index >= 15 is 0 Å². The van der Waals surface area contributed by atoms with Crippen LogP contribution in [0.4, 0.5) is 11.5 Å². The summed E-state index contributed by atoms with van der Waals surface area (Å²) in [6.07, 6.45) is 0. The normalized spacial score (nSPS) is 10.2. The third kappa shape index (κ3) is 3.28. The number of methoxy groups -OCH3 is 1. The van der Waals surface area contributed by atoms with Crippen LogP contribution in [0.15, 0.2) is 47.1 Å². The fraction of sp³-hybridized carbons (Fsp3) is 0.154. The fourth-order valence-electron chi connectivity index (χ4n) is 1.54. The van der Waals surface area contributed by atoms with Gasteiger partial charge in [0.1, 0.15) is 10.4 Å². The summed E-state index contributed by atoms with van der Waals surface area (Å²) in [5, 5.41) is 3.28. The van der Waals surface area contributed by atoms with Gasteiger partial charge >= 0.3 is 0 Å². The van der Waals surface area contributed by atoms with Crippen LogP contribution in [0, 0.1) is 0 Å². The average Bonchev–Trinajstić information content (AvgIpc) is 2.32. The standard InChI is InChI=1S/C13H13BrN2O/c1-17-9-10-5-2-3-6-11(10)15-13-8-4-7-12(14)16-13/h2-8H,9H2,1H3,(H,15,16). The number of nitrogens with zero attached hydrogens (tertiary/aromatic N) is 1. The third-order valence-corrected chi connectivity index (χ3v) is 2.74. The van der Waals surface area contributed by atoms with Gasteiger partial charge in [-0.25, -0.2) is 4.98 Å². The lowest BCUT2D eigenvalue weighted by atomic mass is 10.2. The molecule has 88 valence electrons.